The number of halogens is 1. The molecule has 148 valence electrons. The van der Waals surface area contributed by atoms with Crippen LogP contribution in [0.4, 0.5) is 0 Å². The number of hydrogen-bond acceptors (Lipinski definition) is 0. The van der Waals surface area contributed by atoms with E-state index in [-0.39, 0.29) is 16.2 Å². The lowest BCUT2D eigenvalue weighted by Crippen LogP contribution is -2.26. The van der Waals surface area contributed by atoms with Gasteiger partial charge in [-0.25, -0.2) is 0 Å². The molecule has 0 amide bonds. The van der Waals surface area contributed by atoms with Crippen LogP contribution in [0.3, 0.4) is 0 Å². The van der Waals surface area contributed by atoms with Gasteiger partial charge in [-0.2, -0.15) is 0 Å². The molecular formula is C26H37Cl. The molecule has 0 aliphatic heterocycles. The Kier molecular flexibility index (Phi) is 5.94. The zero-order valence-corrected chi connectivity index (χ0v) is 19.7. The van der Waals surface area contributed by atoms with Crippen LogP contribution in [0.5, 0.6) is 0 Å². The van der Waals surface area contributed by atoms with Gasteiger partial charge in [0.15, 0.2) is 0 Å². The lowest BCUT2D eigenvalue weighted by atomic mass is 9.67. The molecule has 0 fully saturated rings. The van der Waals surface area contributed by atoms with Crippen LogP contribution >= 0.6 is 11.6 Å². The van der Waals surface area contributed by atoms with Crippen LogP contribution in [-0.4, -0.2) is 0 Å². The van der Waals surface area contributed by atoms with E-state index in [0.29, 0.717) is 0 Å². The van der Waals surface area contributed by atoms with Crippen molar-refractivity contribution in [3.05, 3.63) is 57.6 Å². The molecule has 0 aliphatic rings. The van der Waals surface area contributed by atoms with E-state index in [1.165, 1.54) is 33.4 Å². The first-order chi connectivity index (χ1) is 12.2. The fraction of sp³-hybridized carbons (Fsp3) is 0.538. The summed E-state index contributed by atoms with van der Waals surface area (Å²) < 4.78 is 0. The maximum absolute atomic E-state index is 6.20. The predicted octanol–water partition coefficient (Wildman–Crippen LogP) is 8.46. The van der Waals surface area contributed by atoms with Crippen molar-refractivity contribution in [2.24, 2.45) is 0 Å². The van der Waals surface area contributed by atoms with Crippen molar-refractivity contribution in [3.8, 4) is 11.1 Å². The Morgan fingerprint density at radius 1 is 0.704 bits per heavy atom. The van der Waals surface area contributed by atoms with E-state index in [2.05, 4.69) is 87.4 Å². The molecule has 0 nitrogen and oxygen atoms in total. The minimum Gasteiger partial charge on any atom is -0.0843 e. The average Bonchev–Trinajstić information content (AvgIpc) is 2.50. The van der Waals surface area contributed by atoms with E-state index < -0.39 is 0 Å². The van der Waals surface area contributed by atoms with E-state index in [4.69, 9.17) is 11.6 Å². The molecule has 0 N–H and O–H groups in total. The Bertz CT molecular complexity index is 804. The molecule has 0 radical (unpaired) electrons. The summed E-state index contributed by atoms with van der Waals surface area (Å²) in [4.78, 5) is 0. The van der Waals surface area contributed by atoms with Crippen molar-refractivity contribution in [1.82, 2.24) is 0 Å². The number of hydrogen-bond donors (Lipinski definition) is 0. The Balaban J connectivity index is 3.10. The van der Waals surface area contributed by atoms with Gasteiger partial charge < -0.3 is 0 Å². The van der Waals surface area contributed by atoms with E-state index in [1.54, 1.807) is 0 Å². The molecule has 0 bridgehead atoms. The summed E-state index contributed by atoms with van der Waals surface area (Å²) in [7, 11) is 0. The Hall–Kier alpha value is -1.27. The van der Waals surface area contributed by atoms with E-state index >= 15 is 0 Å². The minimum absolute atomic E-state index is 0.0568. The third kappa shape index (κ3) is 4.60. The SMILES string of the molecule is CCc1c(C(C)(C)C)cc(C(C)(C)C)c(-c2ccc(Cl)cc2)c1C(C)(C)C. The van der Waals surface area contributed by atoms with Gasteiger partial charge in [0.05, 0.1) is 0 Å². The van der Waals surface area contributed by atoms with Gasteiger partial charge in [0.2, 0.25) is 0 Å². The van der Waals surface area contributed by atoms with Gasteiger partial charge >= 0.3 is 0 Å². The van der Waals surface area contributed by atoms with Crippen molar-refractivity contribution in [2.45, 2.75) is 91.9 Å². The summed E-state index contributed by atoms with van der Waals surface area (Å²) in [5.41, 5.74) is 8.81. The molecule has 2 aromatic carbocycles. The summed E-state index contributed by atoms with van der Waals surface area (Å²) in [6.45, 7) is 23.3. The molecule has 0 aromatic heterocycles. The molecule has 0 atom stereocenters. The third-order valence-corrected chi connectivity index (χ3v) is 5.54. The molecule has 0 spiro atoms. The van der Waals surface area contributed by atoms with Crippen molar-refractivity contribution < 1.29 is 0 Å². The molecule has 1 heteroatoms. The van der Waals surface area contributed by atoms with Crippen LogP contribution < -0.4 is 0 Å². The summed E-state index contributed by atoms with van der Waals surface area (Å²) in [5.74, 6) is 0. The van der Waals surface area contributed by atoms with E-state index in [9.17, 15) is 0 Å². The molecule has 0 saturated heterocycles. The quantitative estimate of drug-likeness (QED) is 0.487. The number of rotatable bonds is 2. The van der Waals surface area contributed by atoms with Gasteiger partial charge in [-0.15, -0.1) is 0 Å². The summed E-state index contributed by atoms with van der Waals surface area (Å²) in [6.07, 6.45) is 1.05. The summed E-state index contributed by atoms with van der Waals surface area (Å²) in [6, 6.07) is 10.9. The van der Waals surface area contributed by atoms with Crippen LogP contribution in [0.2, 0.25) is 5.02 Å². The van der Waals surface area contributed by atoms with Gasteiger partial charge in [-0.1, -0.05) is 99.0 Å². The average molecular weight is 385 g/mol. The van der Waals surface area contributed by atoms with Gasteiger partial charge in [0, 0.05) is 5.02 Å². The van der Waals surface area contributed by atoms with Crippen molar-refractivity contribution in [2.75, 3.05) is 0 Å². The highest BCUT2D eigenvalue weighted by atomic mass is 35.5. The maximum atomic E-state index is 6.20. The second kappa shape index (κ2) is 7.28. The van der Waals surface area contributed by atoms with E-state index in [1.807, 2.05) is 12.1 Å². The topological polar surface area (TPSA) is 0 Å². The first-order valence-electron chi connectivity index (χ1n) is 10.1. The fourth-order valence-corrected chi connectivity index (χ4v) is 4.22. The highest BCUT2D eigenvalue weighted by Crippen LogP contribution is 2.46. The second-order valence-electron chi connectivity index (χ2n) is 10.8. The Morgan fingerprint density at radius 3 is 1.56 bits per heavy atom. The summed E-state index contributed by atoms with van der Waals surface area (Å²) >= 11 is 6.20. The van der Waals surface area contributed by atoms with Gasteiger partial charge in [-0.3, -0.25) is 0 Å². The van der Waals surface area contributed by atoms with Crippen LogP contribution in [0, 0.1) is 0 Å². The summed E-state index contributed by atoms with van der Waals surface area (Å²) in [5, 5.41) is 0.787. The van der Waals surface area contributed by atoms with Gasteiger partial charge in [-0.05, 0) is 68.2 Å². The number of benzene rings is 2. The normalized spacial score (nSPS) is 13.1. The molecule has 0 unspecified atom stereocenters. The first kappa shape index (κ1) is 22.0. The Morgan fingerprint density at radius 2 is 1.19 bits per heavy atom. The van der Waals surface area contributed by atoms with Crippen LogP contribution in [0.25, 0.3) is 11.1 Å². The third-order valence-electron chi connectivity index (χ3n) is 5.29. The molecule has 0 aliphatic carbocycles. The van der Waals surface area contributed by atoms with Crippen molar-refractivity contribution >= 4 is 11.6 Å². The molecule has 2 aromatic rings. The molecule has 27 heavy (non-hydrogen) atoms. The maximum Gasteiger partial charge on any atom is 0.0406 e. The van der Waals surface area contributed by atoms with Crippen molar-refractivity contribution in [1.29, 1.82) is 0 Å². The monoisotopic (exact) mass is 384 g/mol. The molecule has 0 heterocycles. The van der Waals surface area contributed by atoms with Gasteiger partial charge in [0.25, 0.3) is 0 Å². The largest absolute Gasteiger partial charge is 0.0843 e. The Labute approximate surface area is 172 Å². The smallest absolute Gasteiger partial charge is 0.0406 e. The van der Waals surface area contributed by atoms with Gasteiger partial charge in [0.1, 0.15) is 0 Å². The fourth-order valence-electron chi connectivity index (χ4n) is 4.10. The zero-order valence-electron chi connectivity index (χ0n) is 19.0. The lowest BCUT2D eigenvalue weighted by molar-refractivity contribution is 0.541. The second-order valence-corrected chi connectivity index (χ2v) is 11.2. The zero-order chi connectivity index (χ0) is 20.8. The predicted molar refractivity (Wildman–Crippen MR) is 122 cm³/mol. The minimum atomic E-state index is 0.0568. The lowest BCUT2D eigenvalue weighted by Gasteiger charge is -2.37. The first-order valence-corrected chi connectivity index (χ1v) is 10.5. The molecule has 0 saturated carbocycles. The highest BCUT2D eigenvalue weighted by Gasteiger charge is 2.32. The van der Waals surface area contributed by atoms with Crippen molar-refractivity contribution in [3.63, 3.8) is 0 Å². The van der Waals surface area contributed by atoms with Crippen LogP contribution in [0.1, 0.15) is 91.5 Å². The molecular weight excluding hydrogens is 348 g/mol. The highest BCUT2D eigenvalue weighted by molar-refractivity contribution is 6.30. The van der Waals surface area contributed by atoms with Crippen LogP contribution in [0.15, 0.2) is 30.3 Å². The molecule has 2 rings (SSSR count). The van der Waals surface area contributed by atoms with Crippen LogP contribution in [-0.2, 0) is 22.7 Å². The van der Waals surface area contributed by atoms with E-state index in [0.717, 1.165) is 11.4 Å². The standard InChI is InChI=1S/C26H37Cl/c1-11-19-20(24(2,3)4)16-21(25(5,6)7)22(23(19)26(8,9)10)17-12-14-18(27)15-13-17/h12-16H,11H2,1-10H3.